The van der Waals surface area contributed by atoms with Gasteiger partial charge in [0, 0.05) is 23.3 Å². The Balaban J connectivity index is 0. The first-order valence-corrected chi connectivity index (χ1v) is 4.94. The maximum Gasteiger partial charge on any atom is 0.234 e. The average Bonchev–Trinajstić information content (AvgIpc) is 2.27. The van der Waals surface area contributed by atoms with Gasteiger partial charge in [-0.1, -0.05) is 20.8 Å². The number of aromatic nitrogens is 1. The van der Waals surface area contributed by atoms with Crippen molar-refractivity contribution in [3.63, 3.8) is 0 Å². The SMILES string of the molecule is C=C.CC.CCc1cc(C)cc[n+]1O. The van der Waals surface area contributed by atoms with Gasteiger partial charge in [-0.15, -0.1) is 13.2 Å². The number of rotatable bonds is 1. The Morgan fingerprint density at radius 3 is 2.21 bits per heavy atom. The predicted octanol–water partition coefficient (Wildman–Crippen LogP) is 2.91. The van der Waals surface area contributed by atoms with E-state index < -0.39 is 0 Å². The Morgan fingerprint density at radius 1 is 1.36 bits per heavy atom. The fourth-order valence-corrected chi connectivity index (χ4v) is 0.925. The van der Waals surface area contributed by atoms with Crippen LogP contribution in [0.3, 0.4) is 0 Å². The second kappa shape index (κ2) is 9.78. The number of aryl methyl sites for hydroxylation is 2. The first kappa shape index (κ1) is 15.2. The van der Waals surface area contributed by atoms with Gasteiger partial charge in [0.05, 0.1) is 0 Å². The highest BCUT2D eigenvalue weighted by Gasteiger charge is 2.05. The minimum Gasteiger partial charge on any atom is -0.285 e. The Bertz CT molecular complexity index is 246. The molecule has 0 unspecified atom stereocenters. The smallest absolute Gasteiger partial charge is 0.234 e. The van der Waals surface area contributed by atoms with E-state index in [9.17, 15) is 0 Å². The Labute approximate surface area is 87.5 Å². The van der Waals surface area contributed by atoms with Crippen molar-refractivity contribution in [2.24, 2.45) is 0 Å². The molecule has 0 aliphatic heterocycles. The molecule has 1 aromatic rings. The molecule has 0 aromatic carbocycles. The molecule has 2 heteroatoms. The lowest BCUT2D eigenvalue weighted by molar-refractivity contribution is -0.909. The van der Waals surface area contributed by atoms with Crippen molar-refractivity contribution in [3.05, 3.63) is 42.7 Å². The summed E-state index contributed by atoms with van der Waals surface area (Å²) in [4.78, 5) is 0. The third kappa shape index (κ3) is 5.36. The minimum atomic E-state index is 0.859. The van der Waals surface area contributed by atoms with Gasteiger partial charge >= 0.3 is 0 Å². The van der Waals surface area contributed by atoms with Gasteiger partial charge in [-0.3, -0.25) is 5.21 Å². The number of nitrogens with zero attached hydrogens (tertiary/aromatic N) is 1. The van der Waals surface area contributed by atoms with E-state index in [1.54, 1.807) is 6.20 Å². The summed E-state index contributed by atoms with van der Waals surface area (Å²) in [6.07, 6.45) is 2.52. The summed E-state index contributed by atoms with van der Waals surface area (Å²) >= 11 is 0. The summed E-state index contributed by atoms with van der Waals surface area (Å²) < 4.78 is 1.16. The van der Waals surface area contributed by atoms with Gasteiger partial charge < -0.3 is 0 Å². The third-order valence-electron chi connectivity index (χ3n) is 1.53. The molecule has 14 heavy (non-hydrogen) atoms. The van der Waals surface area contributed by atoms with Crippen molar-refractivity contribution < 1.29 is 9.94 Å². The third-order valence-corrected chi connectivity index (χ3v) is 1.53. The van der Waals surface area contributed by atoms with E-state index in [4.69, 9.17) is 5.21 Å². The maximum absolute atomic E-state index is 9.15. The Kier molecular flexibility index (Phi) is 10.6. The molecule has 0 spiro atoms. The molecule has 1 N–H and O–H groups in total. The van der Waals surface area contributed by atoms with Crippen LogP contribution in [0.1, 0.15) is 32.0 Å². The molecule has 0 radical (unpaired) electrons. The molecule has 1 aromatic heterocycles. The van der Waals surface area contributed by atoms with E-state index in [1.165, 1.54) is 5.56 Å². The fourth-order valence-electron chi connectivity index (χ4n) is 0.925. The van der Waals surface area contributed by atoms with Gasteiger partial charge in [-0.05, 0) is 12.5 Å². The predicted molar refractivity (Wildman–Crippen MR) is 60.5 cm³/mol. The highest BCUT2D eigenvalue weighted by atomic mass is 16.5. The van der Waals surface area contributed by atoms with Gasteiger partial charge in [-0.25, -0.2) is 0 Å². The van der Waals surface area contributed by atoms with Crippen molar-refractivity contribution >= 4 is 0 Å². The van der Waals surface area contributed by atoms with Crippen molar-refractivity contribution in [1.82, 2.24) is 0 Å². The first-order valence-electron chi connectivity index (χ1n) is 4.94. The van der Waals surface area contributed by atoms with E-state index in [1.807, 2.05) is 39.8 Å². The lowest BCUT2D eigenvalue weighted by Crippen LogP contribution is -2.34. The first-order chi connectivity index (χ1) is 6.74. The molecule has 0 saturated heterocycles. The summed E-state index contributed by atoms with van der Waals surface area (Å²) in [6, 6.07) is 3.85. The molecular formula is C12H22NO+. The lowest BCUT2D eigenvalue weighted by Gasteiger charge is -1.92. The molecule has 1 heterocycles. The number of hydrogen-bond acceptors (Lipinski definition) is 1. The van der Waals surface area contributed by atoms with Crippen LogP contribution in [-0.4, -0.2) is 5.21 Å². The summed E-state index contributed by atoms with van der Waals surface area (Å²) in [6.45, 7) is 14.0. The standard InChI is InChI=1S/C8H12NO.C2H6.C2H4/c1-3-8-6-7(2)4-5-9(8)10;2*1-2/h4-6,10H,3H2,1-2H3;1-2H3;1-2H2/q+1;;. The summed E-state index contributed by atoms with van der Waals surface area (Å²) in [5.41, 5.74) is 2.13. The molecule has 0 atom stereocenters. The molecule has 0 aliphatic rings. The molecule has 0 saturated carbocycles. The zero-order valence-electron chi connectivity index (χ0n) is 9.75. The van der Waals surface area contributed by atoms with E-state index in [0.29, 0.717) is 0 Å². The van der Waals surface area contributed by atoms with Gasteiger partial charge in [0.25, 0.3) is 0 Å². The molecule has 2 nitrogen and oxygen atoms in total. The summed E-state index contributed by atoms with van der Waals surface area (Å²) in [7, 11) is 0. The van der Waals surface area contributed by atoms with Crippen LogP contribution in [0, 0.1) is 6.92 Å². The second-order valence-electron chi connectivity index (χ2n) is 2.39. The van der Waals surface area contributed by atoms with Gasteiger partial charge in [0.15, 0.2) is 0 Å². The number of pyridine rings is 1. The highest BCUT2D eigenvalue weighted by molar-refractivity contribution is 5.09. The molecule has 0 bridgehead atoms. The van der Waals surface area contributed by atoms with Crippen LogP contribution < -0.4 is 4.73 Å². The van der Waals surface area contributed by atoms with E-state index in [2.05, 4.69) is 13.2 Å². The van der Waals surface area contributed by atoms with Crippen LogP contribution in [-0.2, 0) is 6.42 Å². The van der Waals surface area contributed by atoms with E-state index >= 15 is 0 Å². The molecule has 0 amide bonds. The Morgan fingerprint density at radius 2 is 1.86 bits per heavy atom. The molecule has 0 fully saturated rings. The zero-order chi connectivity index (χ0) is 11.6. The molecule has 1 rings (SSSR count). The zero-order valence-corrected chi connectivity index (χ0v) is 9.75. The largest absolute Gasteiger partial charge is 0.285 e. The molecule has 80 valence electrons. The van der Waals surface area contributed by atoms with Crippen molar-refractivity contribution in [1.29, 1.82) is 0 Å². The normalized spacial score (nSPS) is 7.71. The average molecular weight is 196 g/mol. The highest BCUT2D eigenvalue weighted by Crippen LogP contribution is 1.97. The molecular weight excluding hydrogens is 174 g/mol. The lowest BCUT2D eigenvalue weighted by atomic mass is 10.2. The van der Waals surface area contributed by atoms with Gasteiger partial charge in [0.1, 0.15) is 0 Å². The fraction of sp³-hybridized carbons (Fsp3) is 0.417. The Hall–Kier alpha value is -1.31. The van der Waals surface area contributed by atoms with Crippen LogP contribution in [0.2, 0.25) is 0 Å². The summed E-state index contributed by atoms with van der Waals surface area (Å²) in [5, 5.41) is 9.15. The topological polar surface area (TPSA) is 24.1 Å². The van der Waals surface area contributed by atoms with Crippen LogP contribution in [0.4, 0.5) is 0 Å². The van der Waals surface area contributed by atoms with Crippen LogP contribution in [0.15, 0.2) is 31.5 Å². The van der Waals surface area contributed by atoms with Gasteiger partial charge in [-0.2, -0.15) is 0 Å². The van der Waals surface area contributed by atoms with Crippen molar-refractivity contribution in [2.75, 3.05) is 0 Å². The monoisotopic (exact) mass is 196 g/mol. The second-order valence-corrected chi connectivity index (χ2v) is 2.39. The van der Waals surface area contributed by atoms with Crippen LogP contribution >= 0.6 is 0 Å². The maximum atomic E-state index is 9.15. The minimum absolute atomic E-state index is 0.859. The van der Waals surface area contributed by atoms with Crippen molar-refractivity contribution in [2.45, 2.75) is 34.1 Å². The van der Waals surface area contributed by atoms with Crippen LogP contribution in [0.25, 0.3) is 0 Å². The van der Waals surface area contributed by atoms with E-state index in [-0.39, 0.29) is 0 Å². The van der Waals surface area contributed by atoms with Crippen LogP contribution in [0.5, 0.6) is 0 Å². The van der Waals surface area contributed by atoms with Gasteiger partial charge in [0.2, 0.25) is 11.9 Å². The summed E-state index contributed by atoms with van der Waals surface area (Å²) in [5.74, 6) is 0. The number of hydrogen-bond donors (Lipinski definition) is 1. The quantitative estimate of drug-likeness (QED) is 0.417. The van der Waals surface area contributed by atoms with Crippen molar-refractivity contribution in [3.8, 4) is 0 Å². The molecule has 0 aliphatic carbocycles. The van der Waals surface area contributed by atoms with E-state index in [0.717, 1.165) is 16.8 Å².